The SMILES string of the molecule is Cc1ccc(-c2nnc(CSc3nnc(N)s3)o2)cc1. The molecule has 102 valence electrons. The van der Waals surface area contributed by atoms with Crippen LogP contribution in [0.5, 0.6) is 0 Å². The van der Waals surface area contributed by atoms with Gasteiger partial charge in [0.15, 0.2) is 4.34 Å². The van der Waals surface area contributed by atoms with Crippen molar-refractivity contribution >= 4 is 28.2 Å². The minimum atomic E-state index is 0.457. The summed E-state index contributed by atoms with van der Waals surface area (Å²) in [4.78, 5) is 0. The van der Waals surface area contributed by atoms with E-state index in [0.717, 1.165) is 9.90 Å². The molecule has 20 heavy (non-hydrogen) atoms. The van der Waals surface area contributed by atoms with Crippen LogP contribution in [0.3, 0.4) is 0 Å². The molecule has 2 N–H and O–H groups in total. The molecule has 6 nitrogen and oxygen atoms in total. The molecule has 0 radical (unpaired) electrons. The maximum Gasteiger partial charge on any atom is 0.247 e. The number of nitrogens with zero attached hydrogens (tertiary/aromatic N) is 4. The van der Waals surface area contributed by atoms with Crippen LogP contribution in [0.2, 0.25) is 0 Å². The van der Waals surface area contributed by atoms with Gasteiger partial charge in [0.05, 0.1) is 5.75 Å². The number of rotatable bonds is 4. The van der Waals surface area contributed by atoms with E-state index in [9.17, 15) is 0 Å². The van der Waals surface area contributed by atoms with Crippen molar-refractivity contribution in [3.8, 4) is 11.5 Å². The first-order chi connectivity index (χ1) is 9.70. The number of hydrogen-bond acceptors (Lipinski definition) is 8. The van der Waals surface area contributed by atoms with Gasteiger partial charge in [-0.2, -0.15) is 0 Å². The molecular weight excluding hydrogens is 294 g/mol. The van der Waals surface area contributed by atoms with Crippen LogP contribution in [0.4, 0.5) is 5.13 Å². The molecule has 0 aliphatic rings. The van der Waals surface area contributed by atoms with Crippen molar-refractivity contribution in [3.05, 3.63) is 35.7 Å². The third-order valence-corrected chi connectivity index (χ3v) is 4.38. The molecule has 8 heteroatoms. The van der Waals surface area contributed by atoms with Crippen LogP contribution in [0.25, 0.3) is 11.5 Å². The Bertz CT molecular complexity index is 707. The van der Waals surface area contributed by atoms with Crippen molar-refractivity contribution in [2.24, 2.45) is 0 Å². The second kappa shape index (κ2) is 5.59. The van der Waals surface area contributed by atoms with Crippen LogP contribution in [-0.4, -0.2) is 20.4 Å². The summed E-state index contributed by atoms with van der Waals surface area (Å²) >= 11 is 2.81. The van der Waals surface area contributed by atoms with Crippen molar-refractivity contribution in [1.29, 1.82) is 0 Å². The quantitative estimate of drug-likeness (QED) is 0.741. The lowest BCUT2D eigenvalue weighted by atomic mass is 10.1. The van der Waals surface area contributed by atoms with Crippen LogP contribution in [0, 0.1) is 6.92 Å². The zero-order valence-electron chi connectivity index (χ0n) is 10.6. The van der Waals surface area contributed by atoms with Gasteiger partial charge in [-0.15, -0.1) is 20.4 Å². The minimum absolute atomic E-state index is 0.457. The fourth-order valence-corrected chi connectivity index (χ4v) is 3.00. The maximum absolute atomic E-state index is 5.62. The molecule has 3 aromatic rings. The second-order valence-electron chi connectivity index (χ2n) is 4.06. The Morgan fingerprint density at radius 1 is 1.15 bits per heavy atom. The molecule has 2 aromatic heterocycles. The van der Waals surface area contributed by atoms with E-state index < -0.39 is 0 Å². The summed E-state index contributed by atoms with van der Waals surface area (Å²) in [5.41, 5.74) is 7.63. The van der Waals surface area contributed by atoms with E-state index >= 15 is 0 Å². The van der Waals surface area contributed by atoms with E-state index in [1.807, 2.05) is 31.2 Å². The van der Waals surface area contributed by atoms with Crippen molar-refractivity contribution in [2.75, 3.05) is 5.73 Å². The monoisotopic (exact) mass is 305 g/mol. The lowest BCUT2D eigenvalue weighted by molar-refractivity contribution is 0.528. The number of anilines is 1. The lowest BCUT2D eigenvalue weighted by Crippen LogP contribution is -1.80. The van der Waals surface area contributed by atoms with E-state index in [-0.39, 0.29) is 0 Å². The highest BCUT2D eigenvalue weighted by molar-refractivity contribution is 8.00. The van der Waals surface area contributed by atoms with E-state index in [1.54, 1.807) is 0 Å². The van der Waals surface area contributed by atoms with Gasteiger partial charge >= 0.3 is 0 Å². The topological polar surface area (TPSA) is 90.7 Å². The lowest BCUT2D eigenvalue weighted by Gasteiger charge is -1.95. The number of thioether (sulfide) groups is 1. The fraction of sp³-hybridized carbons (Fsp3) is 0.167. The van der Waals surface area contributed by atoms with Gasteiger partial charge in [-0.05, 0) is 19.1 Å². The number of aryl methyl sites for hydroxylation is 1. The van der Waals surface area contributed by atoms with Gasteiger partial charge in [0.25, 0.3) is 0 Å². The van der Waals surface area contributed by atoms with Crippen molar-refractivity contribution in [1.82, 2.24) is 20.4 Å². The molecule has 2 heterocycles. The minimum Gasteiger partial charge on any atom is -0.420 e. The molecule has 0 aliphatic carbocycles. The van der Waals surface area contributed by atoms with Gasteiger partial charge in [-0.25, -0.2) is 0 Å². The van der Waals surface area contributed by atoms with Gasteiger partial charge in [-0.1, -0.05) is 40.8 Å². The van der Waals surface area contributed by atoms with E-state index in [1.165, 1.54) is 28.7 Å². The first-order valence-corrected chi connectivity index (χ1v) is 7.62. The molecule has 0 unspecified atom stereocenters. The summed E-state index contributed by atoms with van der Waals surface area (Å²) in [5.74, 6) is 1.63. The molecule has 0 saturated heterocycles. The first kappa shape index (κ1) is 13.1. The molecular formula is C12H11N5OS2. The summed E-state index contributed by atoms with van der Waals surface area (Å²) in [6.45, 7) is 2.04. The summed E-state index contributed by atoms with van der Waals surface area (Å²) in [7, 11) is 0. The van der Waals surface area contributed by atoms with Gasteiger partial charge < -0.3 is 10.2 Å². The normalized spacial score (nSPS) is 10.8. The number of aromatic nitrogens is 4. The Labute approximate surface area is 123 Å². The molecule has 0 fully saturated rings. The maximum atomic E-state index is 5.62. The predicted octanol–water partition coefficient (Wildman–Crippen LogP) is 2.77. The second-order valence-corrected chi connectivity index (χ2v) is 6.29. The number of nitrogen functional groups attached to an aromatic ring is 1. The average Bonchev–Trinajstić information content (AvgIpc) is 3.06. The highest BCUT2D eigenvalue weighted by Gasteiger charge is 2.10. The third-order valence-electron chi connectivity index (χ3n) is 2.51. The summed E-state index contributed by atoms with van der Waals surface area (Å²) in [6, 6.07) is 7.95. The van der Waals surface area contributed by atoms with Crippen molar-refractivity contribution in [3.63, 3.8) is 0 Å². The summed E-state index contributed by atoms with van der Waals surface area (Å²) < 4.78 is 6.41. The molecule has 0 aliphatic heterocycles. The molecule has 0 atom stereocenters. The van der Waals surface area contributed by atoms with Gasteiger partial charge in [-0.3, -0.25) is 0 Å². The number of benzene rings is 1. The Kier molecular flexibility index (Phi) is 3.66. The largest absolute Gasteiger partial charge is 0.420 e. The van der Waals surface area contributed by atoms with E-state index in [4.69, 9.17) is 10.2 Å². The Morgan fingerprint density at radius 2 is 1.95 bits per heavy atom. The highest BCUT2D eigenvalue weighted by atomic mass is 32.2. The number of hydrogen-bond donors (Lipinski definition) is 1. The van der Waals surface area contributed by atoms with Crippen LogP contribution in [0.15, 0.2) is 33.0 Å². The zero-order chi connectivity index (χ0) is 13.9. The van der Waals surface area contributed by atoms with Crippen LogP contribution >= 0.6 is 23.1 Å². The van der Waals surface area contributed by atoms with Crippen LogP contribution in [0.1, 0.15) is 11.5 Å². The van der Waals surface area contributed by atoms with Crippen molar-refractivity contribution in [2.45, 2.75) is 17.0 Å². The first-order valence-electron chi connectivity index (χ1n) is 5.82. The van der Waals surface area contributed by atoms with Crippen LogP contribution in [-0.2, 0) is 5.75 Å². The number of nitrogens with two attached hydrogens (primary N) is 1. The zero-order valence-corrected chi connectivity index (χ0v) is 12.2. The average molecular weight is 305 g/mol. The van der Waals surface area contributed by atoms with Gasteiger partial charge in [0, 0.05) is 5.56 Å². The summed E-state index contributed by atoms with van der Waals surface area (Å²) in [6.07, 6.45) is 0. The Balaban J connectivity index is 1.69. The van der Waals surface area contributed by atoms with Gasteiger partial charge in [0.1, 0.15) is 0 Å². The predicted molar refractivity (Wildman–Crippen MR) is 78.4 cm³/mol. The van der Waals surface area contributed by atoms with Crippen molar-refractivity contribution < 1.29 is 4.42 Å². The highest BCUT2D eigenvalue weighted by Crippen LogP contribution is 2.27. The standard InChI is InChI=1S/C12H11N5OS2/c1-7-2-4-8(5-3-7)10-15-14-9(18-10)6-19-12-17-16-11(13)20-12/h2-5H,6H2,1H3,(H2,13,16). The molecule has 0 amide bonds. The van der Waals surface area contributed by atoms with E-state index in [0.29, 0.717) is 22.7 Å². The Morgan fingerprint density at radius 3 is 2.65 bits per heavy atom. The molecule has 3 rings (SSSR count). The molecule has 1 aromatic carbocycles. The van der Waals surface area contributed by atoms with Gasteiger partial charge in [0.2, 0.25) is 16.9 Å². The third kappa shape index (κ3) is 2.97. The molecule has 0 saturated carbocycles. The molecule has 0 spiro atoms. The van der Waals surface area contributed by atoms with Crippen LogP contribution < -0.4 is 5.73 Å². The fourth-order valence-electron chi connectivity index (χ4n) is 1.53. The molecule has 0 bridgehead atoms. The Hall–Kier alpha value is -1.93. The summed E-state index contributed by atoms with van der Waals surface area (Å²) in [5, 5.41) is 16.2. The van der Waals surface area contributed by atoms with E-state index in [2.05, 4.69) is 20.4 Å². The smallest absolute Gasteiger partial charge is 0.247 e.